The van der Waals surface area contributed by atoms with Crippen LogP contribution >= 0.6 is 34.0 Å². The summed E-state index contributed by atoms with van der Waals surface area (Å²) >= 11 is 5.69. The van der Waals surface area contributed by atoms with E-state index in [9.17, 15) is 0 Å². The Bertz CT molecular complexity index is 8240. The molecular weight excluding hydrogens is 1480 g/mol. The van der Waals surface area contributed by atoms with Crippen molar-refractivity contribution in [1.29, 1.82) is 0 Å². The van der Waals surface area contributed by atoms with Gasteiger partial charge in [-0.15, -0.1) is 34.0 Å². The molecule has 0 bridgehead atoms. The number of hydrogen-bond acceptors (Lipinski definition) is 9. The Morgan fingerprint density at radius 3 is 1.08 bits per heavy atom. The maximum Gasteiger partial charge on any atom is 0.0974 e. The molecule has 117 heavy (non-hydrogen) atoms. The molecular formula is C108H72N6S3. The minimum atomic E-state index is 0.932. The quantitative estimate of drug-likeness (QED) is 0.154. The van der Waals surface area contributed by atoms with Crippen LogP contribution < -0.4 is 0 Å². The standard InChI is InChI=1S/C37H26N2S.C36H24N2S.C35H22N2S/c1-21-16-22(2)36-32(17-21)33-20-25(18-23(3)37(33)40-36)27-9-5-4-8-26(27)24-12-13-30-31(19-24)28-10-6-7-11-29(28)34-35(30)39-15-14-38-34;1-21-8-7-13-30-32-20-24(18-22(2)36(32)39-35(21)30)26-10-4-3-9-25(26)23-14-15-29-31(19-23)27-11-5-6-12-28(27)33-34(29)38-17-16-37-33;1-21-20-36-34-28-11-3-2-9-26(28)30-18-24(13-15-29(30)35(34)37-21)22-7-6-8-23(17-22)25-14-16-33-31(19-25)27-10-4-5-12-32(27)38-33/h4-20H,1-3H3;3-20H,1-2H3;2-20H,1H3. The largest absolute Gasteiger partial charge is 0.252 e. The van der Waals surface area contributed by atoms with E-state index >= 15 is 0 Å². The van der Waals surface area contributed by atoms with Crippen molar-refractivity contribution in [1.82, 2.24) is 29.9 Å². The van der Waals surface area contributed by atoms with Crippen molar-refractivity contribution >= 4 is 192 Å². The molecule has 0 aliphatic rings. The van der Waals surface area contributed by atoms with Crippen LogP contribution in [0.5, 0.6) is 0 Å². The van der Waals surface area contributed by atoms with E-state index in [1.165, 1.54) is 187 Å². The van der Waals surface area contributed by atoms with Crippen LogP contribution in [0.15, 0.2) is 328 Å². The molecule has 0 saturated heterocycles. The van der Waals surface area contributed by atoms with Crippen LogP contribution in [0, 0.1) is 41.5 Å². The zero-order valence-electron chi connectivity index (χ0n) is 65.1. The summed E-state index contributed by atoms with van der Waals surface area (Å²) < 4.78 is 8.21. The fourth-order valence-electron chi connectivity index (χ4n) is 18.3. The molecule has 0 atom stereocenters. The number of thiophene rings is 3. The predicted molar refractivity (Wildman–Crippen MR) is 503 cm³/mol. The maximum atomic E-state index is 4.89. The first-order chi connectivity index (χ1) is 57.5. The molecule has 0 saturated carbocycles. The number of benzene rings is 18. The minimum Gasteiger partial charge on any atom is -0.252 e. The second kappa shape index (κ2) is 28.0. The summed E-state index contributed by atoms with van der Waals surface area (Å²) in [4.78, 5) is 28.5. The van der Waals surface area contributed by atoms with Crippen LogP contribution in [0.3, 0.4) is 0 Å². The third kappa shape index (κ3) is 11.8. The molecule has 6 aromatic heterocycles. The normalized spacial score (nSPS) is 11.8. The monoisotopic (exact) mass is 1550 g/mol. The molecule has 18 aromatic carbocycles. The number of aryl methyl sites for hydroxylation is 6. The Balaban J connectivity index is 0.000000106. The molecule has 0 aliphatic heterocycles. The summed E-state index contributed by atoms with van der Waals surface area (Å²) in [6, 6.07) is 109. The topological polar surface area (TPSA) is 77.3 Å². The summed E-state index contributed by atoms with van der Waals surface area (Å²) in [5, 5.41) is 22.1. The fraction of sp³-hybridized carbons (Fsp3) is 0.0556. The number of nitrogens with zero attached hydrogens (tertiary/aromatic N) is 6. The first-order valence-corrected chi connectivity index (χ1v) is 42.2. The van der Waals surface area contributed by atoms with Gasteiger partial charge in [-0.2, -0.15) is 0 Å². The number of rotatable bonds is 6. The lowest BCUT2D eigenvalue weighted by atomic mass is 9.90. The highest BCUT2D eigenvalue weighted by Gasteiger charge is 2.21. The lowest BCUT2D eigenvalue weighted by Gasteiger charge is -2.14. The molecule has 0 radical (unpaired) electrons. The van der Waals surface area contributed by atoms with Gasteiger partial charge in [-0.05, 0) is 236 Å². The highest BCUT2D eigenvalue weighted by atomic mass is 32.1. The van der Waals surface area contributed by atoms with Crippen LogP contribution in [-0.2, 0) is 0 Å². The van der Waals surface area contributed by atoms with E-state index in [1.807, 2.05) is 47.1 Å². The predicted octanol–water partition coefficient (Wildman–Crippen LogP) is 30.8. The highest BCUT2D eigenvalue weighted by Crippen LogP contribution is 2.48. The van der Waals surface area contributed by atoms with Crippen molar-refractivity contribution in [2.24, 2.45) is 0 Å². The van der Waals surface area contributed by atoms with Crippen LogP contribution in [0.2, 0.25) is 0 Å². The Morgan fingerprint density at radius 1 is 0.197 bits per heavy atom. The summed E-state index contributed by atoms with van der Waals surface area (Å²) in [6.07, 6.45) is 8.99. The smallest absolute Gasteiger partial charge is 0.0974 e. The Kier molecular flexibility index (Phi) is 16.7. The average Bonchev–Trinajstić information content (AvgIpc) is 1.67. The second-order valence-corrected chi connectivity index (χ2v) is 34.2. The third-order valence-corrected chi connectivity index (χ3v) is 27.8. The first kappa shape index (κ1) is 69.9. The van der Waals surface area contributed by atoms with Crippen LogP contribution in [-0.4, -0.2) is 29.9 Å². The van der Waals surface area contributed by atoms with E-state index in [0.29, 0.717) is 0 Å². The lowest BCUT2D eigenvalue weighted by molar-refractivity contribution is 1.19. The molecule has 552 valence electrons. The molecule has 0 N–H and O–H groups in total. The van der Waals surface area contributed by atoms with Crippen molar-refractivity contribution in [2.45, 2.75) is 41.5 Å². The summed E-state index contributed by atoms with van der Waals surface area (Å²) in [5.41, 5.74) is 28.1. The second-order valence-electron chi connectivity index (χ2n) is 31.1. The first-order valence-electron chi connectivity index (χ1n) is 39.7. The van der Waals surface area contributed by atoms with Crippen molar-refractivity contribution in [2.75, 3.05) is 0 Å². The Morgan fingerprint density at radius 2 is 0.547 bits per heavy atom. The van der Waals surface area contributed by atoms with Gasteiger partial charge < -0.3 is 0 Å². The van der Waals surface area contributed by atoms with E-state index in [-0.39, 0.29) is 0 Å². The van der Waals surface area contributed by atoms with Crippen molar-refractivity contribution in [3.63, 3.8) is 0 Å². The van der Waals surface area contributed by atoms with Crippen molar-refractivity contribution in [3.05, 3.63) is 362 Å². The van der Waals surface area contributed by atoms with E-state index in [2.05, 4.69) is 337 Å². The SMILES string of the molecule is Cc1cc(C)c2sc3c(C)cc(-c4ccccc4-c4ccc5c(c4)c4ccccc4c4nccnc54)cc3c2c1.Cc1cccc2c1sc1c(C)cc(-c3ccccc3-c3ccc4c(c3)c3ccccc3c3nccnc43)cc12.Cc1cnc2c3ccccc3c3cc(-c4cccc(-c5ccc6sc7ccccc7c6c5)c4)ccc3c2n1. The molecule has 24 rings (SSSR count). The van der Waals surface area contributed by atoms with Gasteiger partial charge in [0.25, 0.3) is 0 Å². The van der Waals surface area contributed by atoms with Gasteiger partial charge in [-0.25, -0.2) is 4.98 Å². The van der Waals surface area contributed by atoms with Crippen LogP contribution in [0.25, 0.3) is 225 Å². The van der Waals surface area contributed by atoms with Gasteiger partial charge in [-0.3, -0.25) is 24.9 Å². The summed E-state index contributed by atoms with van der Waals surface area (Å²) in [5.74, 6) is 0. The molecule has 9 heteroatoms. The average molecular weight is 1550 g/mol. The van der Waals surface area contributed by atoms with E-state index in [4.69, 9.17) is 24.9 Å². The van der Waals surface area contributed by atoms with Gasteiger partial charge in [-0.1, -0.05) is 230 Å². The van der Waals surface area contributed by atoms with Crippen LogP contribution in [0.4, 0.5) is 0 Å². The number of fused-ring (bicyclic) bond motifs is 27. The maximum absolute atomic E-state index is 4.89. The minimum absolute atomic E-state index is 0.932. The van der Waals surface area contributed by atoms with E-state index in [1.54, 1.807) is 24.8 Å². The Labute approximate surface area is 687 Å². The summed E-state index contributed by atoms with van der Waals surface area (Å²) in [6.45, 7) is 13.1. The highest BCUT2D eigenvalue weighted by molar-refractivity contribution is 7.27. The molecule has 24 aromatic rings. The van der Waals surface area contributed by atoms with Gasteiger partial charge in [0.1, 0.15) is 0 Å². The van der Waals surface area contributed by atoms with Gasteiger partial charge in [0.05, 0.1) is 38.8 Å². The molecule has 6 heterocycles. The summed E-state index contributed by atoms with van der Waals surface area (Å²) in [7, 11) is 0. The zero-order chi connectivity index (χ0) is 78.3. The lowest BCUT2D eigenvalue weighted by Crippen LogP contribution is -1.91. The van der Waals surface area contributed by atoms with Gasteiger partial charge in [0.15, 0.2) is 0 Å². The van der Waals surface area contributed by atoms with Gasteiger partial charge in [0, 0.05) is 124 Å². The Hall–Kier alpha value is -13.8. The van der Waals surface area contributed by atoms with Gasteiger partial charge >= 0.3 is 0 Å². The van der Waals surface area contributed by atoms with Crippen LogP contribution in [0.1, 0.15) is 33.5 Å². The molecule has 0 spiro atoms. The third-order valence-electron chi connectivity index (χ3n) is 23.7. The molecule has 0 aliphatic carbocycles. The molecule has 0 unspecified atom stereocenters. The molecule has 0 amide bonds. The zero-order valence-corrected chi connectivity index (χ0v) is 67.5. The molecule has 0 fully saturated rings. The van der Waals surface area contributed by atoms with E-state index in [0.717, 1.165) is 71.1 Å². The van der Waals surface area contributed by atoms with Crippen molar-refractivity contribution in [3.8, 4) is 66.8 Å². The number of hydrogen-bond donors (Lipinski definition) is 0. The van der Waals surface area contributed by atoms with Crippen molar-refractivity contribution < 1.29 is 0 Å². The molecule has 6 nitrogen and oxygen atoms in total. The van der Waals surface area contributed by atoms with E-state index < -0.39 is 0 Å². The fourth-order valence-corrected chi connectivity index (χ4v) is 21.8. The van der Waals surface area contributed by atoms with Gasteiger partial charge in [0.2, 0.25) is 0 Å². The number of aromatic nitrogens is 6.